The largest absolute Gasteiger partial charge is 0.494 e. The van der Waals surface area contributed by atoms with Gasteiger partial charge in [0.25, 0.3) is 0 Å². The number of rotatable bonds is 4. The molecule has 0 N–H and O–H groups in total. The van der Waals surface area contributed by atoms with Gasteiger partial charge in [-0.15, -0.1) is 0 Å². The Balaban J connectivity index is 1.45. The van der Waals surface area contributed by atoms with E-state index in [1.54, 1.807) is 0 Å². The topological polar surface area (TPSA) is 49.2 Å². The molecule has 5 nitrogen and oxygen atoms in total. The highest BCUT2D eigenvalue weighted by atomic mass is 16.7. The zero-order chi connectivity index (χ0) is 27.5. The number of para-hydroxylation sites is 1. The Bertz CT molecular complexity index is 1790. The molecule has 3 heterocycles. The first kappa shape index (κ1) is 24.8. The summed E-state index contributed by atoms with van der Waals surface area (Å²) in [5.74, 6) is 1.51. The van der Waals surface area contributed by atoms with E-state index >= 15 is 0 Å². The number of aromatic nitrogens is 3. The number of hydrogen-bond acceptors (Lipinski definition) is 4. The van der Waals surface area contributed by atoms with Gasteiger partial charge in [-0.1, -0.05) is 91.0 Å². The van der Waals surface area contributed by atoms with E-state index in [0.717, 1.165) is 49.9 Å². The lowest BCUT2D eigenvalue weighted by atomic mass is 9.78. The molecule has 40 heavy (non-hydrogen) atoms. The van der Waals surface area contributed by atoms with Crippen LogP contribution in [0.5, 0.6) is 0 Å². The van der Waals surface area contributed by atoms with Crippen LogP contribution in [0.4, 0.5) is 0 Å². The van der Waals surface area contributed by atoms with Crippen LogP contribution >= 0.6 is 0 Å². The Labute approximate surface area is 234 Å². The van der Waals surface area contributed by atoms with Crippen molar-refractivity contribution >= 4 is 34.4 Å². The lowest BCUT2D eigenvalue weighted by molar-refractivity contribution is 0.00578. The Kier molecular flexibility index (Phi) is 5.67. The third-order valence-corrected chi connectivity index (χ3v) is 8.27. The molecule has 1 aliphatic rings. The van der Waals surface area contributed by atoms with Gasteiger partial charge < -0.3 is 9.31 Å². The van der Waals surface area contributed by atoms with Gasteiger partial charge in [-0.05, 0) is 45.3 Å². The van der Waals surface area contributed by atoms with Gasteiger partial charge >= 0.3 is 7.12 Å². The Hall–Kier alpha value is -4.26. The fourth-order valence-corrected chi connectivity index (χ4v) is 5.39. The van der Waals surface area contributed by atoms with Crippen molar-refractivity contribution in [3.8, 4) is 28.5 Å². The standard InChI is InChI=1S/C34H30BN3O2/c1-33(2)34(3,4)40-35(39-33)25-19-20-30-27(21-25)26-17-11-12-18-29(26)38(30)31-22-28(23-13-7-5-8-14-23)36-32(37-31)24-15-9-6-10-16-24/h5-22H,1-4H3. The van der Waals surface area contributed by atoms with Crippen molar-refractivity contribution in [2.24, 2.45) is 0 Å². The average molecular weight is 523 g/mol. The number of benzene rings is 4. The summed E-state index contributed by atoms with van der Waals surface area (Å²) in [5.41, 5.74) is 5.26. The Morgan fingerprint density at radius 2 is 1.20 bits per heavy atom. The molecule has 0 atom stereocenters. The Morgan fingerprint density at radius 3 is 1.90 bits per heavy atom. The predicted molar refractivity (Wildman–Crippen MR) is 163 cm³/mol. The quantitative estimate of drug-likeness (QED) is 0.229. The van der Waals surface area contributed by atoms with Crippen LogP contribution in [0.3, 0.4) is 0 Å². The number of fused-ring (bicyclic) bond motifs is 3. The maximum atomic E-state index is 6.38. The number of hydrogen-bond donors (Lipinski definition) is 0. The molecular formula is C34H30BN3O2. The smallest absolute Gasteiger partial charge is 0.399 e. The fraction of sp³-hybridized carbons (Fsp3) is 0.176. The molecule has 0 radical (unpaired) electrons. The molecule has 0 aliphatic carbocycles. The Morgan fingerprint density at radius 1 is 0.600 bits per heavy atom. The number of nitrogens with zero attached hydrogens (tertiary/aromatic N) is 3. The van der Waals surface area contributed by atoms with Crippen LogP contribution in [0, 0.1) is 0 Å². The van der Waals surface area contributed by atoms with Crippen LogP contribution < -0.4 is 5.46 Å². The summed E-state index contributed by atoms with van der Waals surface area (Å²) >= 11 is 0. The molecular weight excluding hydrogens is 493 g/mol. The van der Waals surface area contributed by atoms with Crippen molar-refractivity contribution < 1.29 is 9.31 Å². The normalized spacial score (nSPS) is 16.1. The highest BCUT2D eigenvalue weighted by Crippen LogP contribution is 2.38. The summed E-state index contributed by atoms with van der Waals surface area (Å²) in [6, 6.07) is 37.4. The molecule has 1 aliphatic heterocycles. The molecule has 0 amide bonds. The van der Waals surface area contributed by atoms with Crippen molar-refractivity contribution in [3.05, 3.63) is 109 Å². The van der Waals surface area contributed by atoms with Gasteiger partial charge in [0.2, 0.25) is 0 Å². The molecule has 6 aromatic rings. The first-order chi connectivity index (χ1) is 19.3. The molecule has 7 rings (SSSR count). The van der Waals surface area contributed by atoms with Crippen molar-refractivity contribution in [1.29, 1.82) is 0 Å². The zero-order valence-corrected chi connectivity index (χ0v) is 23.1. The van der Waals surface area contributed by atoms with E-state index in [2.05, 4.69) is 105 Å². The second-order valence-corrected chi connectivity index (χ2v) is 11.4. The van der Waals surface area contributed by atoms with Gasteiger partial charge in [-0.3, -0.25) is 4.57 Å². The second kappa shape index (κ2) is 9.15. The summed E-state index contributed by atoms with van der Waals surface area (Å²) in [5, 5.41) is 2.28. The van der Waals surface area contributed by atoms with Gasteiger partial charge in [-0.2, -0.15) is 0 Å². The molecule has 1 fully saturated rings. The lowest BCUT2D eigenvalue weighted by Crippen LogP contribution is -2.41. The van der Waals surface area contributed by atoms with Crippen molar-refractivity contribution in [2.75, 3.05) is 0 Å². The van der Waals surface area contributed by atoms with Crippen LogP contribution in [-0.4, -0.2) is 32.9 Å². The zero-order valence-electron chi connectivity index (χ0n) is 23.1. The molecule has 0 bridgehead atoms. The van der Waals surface area contributed by atoms with Gasteiger partial charge in [0, 0.05) is 28.0 Å². The predicted octanol–water partition coefficient (Wildman–Crippen LogP) is 7.21. The lowest BCUT2D eigenvalue weighted by Gasteiger charge is -2.32. The summed E-state index contributed by atoms with van der Waals surface area (Å²) in [6.45, 7) is 8.34. The average Bonchev–Trinajstić information content (AvgIpc) is 3.42. The van der Waals surface area contributed by atoms with Gasteiger partial charge in [0.05, 0.1) is 27.9 Å². The van der Waals surface area contributed by atoms with E-state index in [1.807, 2.05) is 36.4 Å². The minimum atomic E-state index is -0.426. The SMILES string of the molecule is CC1(C)OB(c2ccc3c(c2)c2ccccc2n3-c2cc(-c3ccccc3)nc(-c3ccccc3)n2)OC1(C)C. The third-order valence-electron chi connectivity index (χ3n) is 8.27. The third kappa shape index (κ3) is 4.03. The summed E-state index contributed by atoms with van der Waals surface area (Å²) < 4.78 is 15.0. The van der Waals surface area contributed by atoms with E-state index in [4.69, 9.17) is 19.3 Å². The van der Waals surface area contributed by atoms with Crippen LogP contribution in [-0.2, 0) is 9.31 Å². The molecule has 0 spiro atoms. The molecule has 196 valence electrons. The summed E-state index contributed by atoms with van der Waals surface area (Å²) in [7, 11) is -0.426. The maximum absolute atomic E-state index is 6.38. The highest BCUT2D eigenvalue weighted by Gasteiger charge is 2.51. The first-order valence-corrected chi connectivity index (χ1v) is 13.7. The molecule has 6 heteroatoms. The van der Waals surface area contributed by atoms with Crippen molar-refractivity contribution in [1.82, 2.24) is 14.5 Å². The molecule has 1 saturated heterocycles. The molecule has 0 saturated carbocycles. The van der Waals surface area contributed by atoms with Crippen LogP contribution in [0.1, 0.15) is 27.7 Å². The summed E-state index contributed by atoms with van der Waals surface area (Å²) in [6.07, 6.45) is 0. The van der Waals surface area contributed by atoms with E-state index in [9.17, 15) is 0 Å². The monoisotopic (exact) mass is 523 g/mol. The minimum Gasteiger partial charge on any atom is -0.399 e. The van der Waals surface area contributed by atoms with Crippen LogP contribution in [0.2, 0.25) is 0 Å². The van der Waals surface area contributed by atoms with Crippen LogP contribution in [0.25, 0.3) is 50.3 Å². The highest BCUT2D eigenvalue weighted by molar-refractivity contribution is 6.62. The van der Waals surface area contributed by atoms with Gasteiger partial charge in [0.15, 0.2) is 5.82 Å². The molecule has 4 aromatic carbocycles. The van der Waals surface area contributed by atoms with Gasteiger partial charge in [0.1, 0.15) is 5.82 Å². The van der Waals surface area contributed by atoms with E-state index in [0.29, 0.717) is 5.82 Å². The van der Waals surface area contributed by atoms with Gasteiger partial charge in [-0.25, -0.2) is 9.97 Å². The van der Waals surface area contributed by atoms with E-state index < -0.39 is 18.3 Å². The fourth-order valence-electron chi connectivity index (χ4n) is 5.39. The van der Waals surface area contributed by atoms with E-state index in [-0.39, 0.29) is 0 Å². The second-order valence-electron chi connectivity index (χ2n) is 11.4. The van der Waals surface area contributed by atoms with Crippen molar-refractivity contribution in [2.45, 2.75) is 38.9 Å². The summed E-state index contributed by atoms with van der Waals surface area (Å²) in [4.78, 5) is 10.1. The van der Waals surface area contributed by atoms with Crippen molar-refractivity contribution in [3.63, 3.8) is 0 Å². The maximum Gasteiger partial charge on any atom is 0.494 e. The van der Waals surface area contributed by atoms with Crippen LogP contribution in [0.15, 0.2) is 109 Å². The minimum absolute atomic E-state index is 0.400. The van der Waals surface area contributed by atoms with E-state index in [1.165, 1.54) is 0 Å². The molecule has 0 unspecified atom stereocenters. The first-order valence-electron chi connectivity index (χ1n) is 13.7. The molecule has 2 aromatic heterocycles.